The second-order valence-electron chi connectivity index (χ2n) is 13.1. The minimum absolute atomic E-state index is 0.133. The van der Waals surface area contributed by atoms with E-state index < -0.39 is 65.5 Å². The van der Waals surface area contributed by atoms with Crippen LogP contribution in [0.3, 0.4) is 0 Å². The Morgan fingerprint density at radius 3 is 2.42 bits per heavy atom. The van der Waals surface area contributed by atoms with Crippen LogP contribution in [0.5, 0.6) is 0 Å². The number of likely N-dealkylation sites (N-methyl/N-ethyl adjacent to an activating group) is 1. The molecule has 0 saturated carbocycles. The Bertz CT molecular complexity index is 966. The average molecular weight is 570 g/mol. The molecule has 11 nitrogen and oxygen atoms in total. The van der Waals surface area contributed by atoms with Gasteiger partial charge in [0.25, 0.3) is 0 Å². The summed E-state index contributed by atoms with van der Waals surface area (Å²) >= 11 is 0. The molecule has 0 amide bonds. The van der Waals surface area contributed by atoms with Crippen LogP contribution in [0.15, 0.2) is 11.6 Å². The number of cyclic esters (lactones) is 1. The summed E-state index contributed by atoms with van der Waals surface area (Å²) in [6, 6.07) is -0.174. The predicted molar refractivity (Wildman–Crippen MR) is 148 cm³/mol. The lowest BCUT2D eigenvalue weighted by Gasteiger charge is -2.47. The molecule has 3 bridgehead atoms. The Morgan fingerprint density at radius 1 is 1.15 bits per heavy atom. The van der Waals surface area contributed by atoms with Gasteiger partial charge in [-0.1, -0.05) is 20.8 Å². The monoisotopic (exact) mass is 569 g/mol. The summed E-state index contributed by atoms with van der Waals surface area (Å²) in [4.78, 5) is 15.3. The van der Waals surface area contributed by atoms with Crippen LogP contribution in [0, 0.1) is 17.8 Å². The maximum absolute atomic E-state index is 13.4. The predicted octanol–water partition coefficient (Wildman–Crippen LogP) is 1.46. The number of hydrazine groups is 1. The van der Waals surface area contributed by atoms with Gasteiger partial charge in [-0.2, -0.15) is 0 Å². The lowest BCUT2D eigenvalue weighted by atomic mass is 9.78. The SMILES string of the molecule is CC[C@H]1OC(=O)[C@H](C)[C@@H](O)[C@H](C)[C@@H](O[C@@H]2O[C@H](C)C[C@H](N(C)C)[C@H]2O)[C@@]2(C)C[C@@H](C)C3(OC1(C)C=C3CNN)O2. The summed E-state index contributed by atoms with van der Waals surface area (Å²) in [5, 5.41) is 22.8. The van der Waals surface area contributed by atoms with Crippen molar-refractivity contribution in [3.8, 4) is 0 Å². The van der Waals surface area contributed by atoms with Crippen molar-refractivity contribution in [1.82, 2.24) is 10.3 Å². The summed E-state index contributed by atoms with van der Waals surface area (Å²) in [5.41, 5.74) is 1.62. The van der Waals surface area contributed by atoms with Crippen molar-refractivity contribution in [2.45, 2.75) is 128 Å². The number of aliphatic hydroxyl groups excluding tert-OH is 2. The number of rotatable bonds is 6. The van der Waals surface area contributed by atoms with Gasteiger partial charge in [-0.15, -0.1) is 0 Å². The van der Waals surface area contributed by atoms with Gasteiger partial charge in [-0.05, 0) is 67.1 Å². The highest BCUT2D eigenvalue weighted by atomic mass is 16.8. The van der Waals surface area contributed by atoms with Crippen LogP contribution < -0.4 is 11.3 Å². The zero-order chi connectivity index (χ0) is 29.8. The summed E-state index contributed by atoms with van der Waals surface area (Å²) < 4.78 is 32.6. The standard InChI is InChI=1S/C29H51N3O8/c1-10-21-27(6)13-19(14-31-30)29(39-27)15(2)12-28(7,40-29)24(17(4)22(33)18(5)25(35)37-21)38-26-23(34)20(32(8)9)11-16(3)36-26/h13,15-18,20-24,26,31,33-34H,10-12,14,30H2,1-9H3/t15-,16-,17+,18-,20+,21-,22+,23-,24-,26+,27?,28-,29?/m1/s1. The van der Waals surface area contributed by atoms with Crippen LogP contribution >= 0.6 is 0 Å². The fourth-order valence-corrected chi connectivity index (χ4v) is 7.47. The van der Waals surface area contributed by atoms with Crippen molar-refractivity contribution in [2.24, 2.45) is 23.6 Å². The van der Waals surface area contributed by atoms with E-state index in [1.807, 2.05) is 59.7 Å². The number of carbonyl (C=O) groups is 1. The number of carbonyl (C=O) groups excluding carboxylic acids is 1. The lowest BCUT2D eigenvalue weighted by molar-refractivity contribution is -0.328. The van der Waals surface area contributed by atoms with Crippen molar-refractivity contribution in [2.75, 3.05) is 20.6 Å². The number of fused-ring (bicyclic) bond motifs is 2. The molecule has 4 aliphatic heterocycles. The number of nitrogens with zero attached hydrogens (tertiary/aromatic N) is 1. The Kier molecular flexibility index (Phi) is 9.14. The molecule has 0 aromatic heterocycles. The van der Waals surface area contributed by atoms with Crippen LogP contribution in [0.1, 0.15) is 67.7 Å². The molecule has 11 heteroatoms. The van der Waals surface area contributed by atoms with Crippen LogP contribution in [-0.4, -0.2) is 102 Å². The maximum atomic E-state index is 13.4. The molecule has 3 fully saturated rings. The van der Waals surface area contributed by atoms with Crippen LogP contribution in [0.25, 0.3) is 0 Å². The third-order valence-corrected chi connectivity index (χ3v) is 9.65. The Labute approximate surface area is 238 Å². The normalized spacial score (nSPS) is 49.8. The van der Waals surface area contributed by atoms with Gasteiger partial charge in [0.2, 0.25) is 0 Å². The maximum Gasteiger partial charge on any atom is 0.311 e. The third-order valence-electron chi connectivity index (χ3n) is 9.65. The number of ether oxygens (including phenoxy) is 5. The van der Waals surface area contributed by atoms with Crippen molar-refractivity contribution in [1.29, 1.82) is 0 Å². The molecule has 1 spiro atoms. The molecule has 4 rings (SSSR count). The highest BCUT2D eigenvalue weighted by Crippen LogP contribution is 2.56. The number of hydrogen-bond acceptors (Lipinski definition) is 11. The van der Waals surface area contributed by atoms with E-state index in [1.165, 1.54) is 0 Å². The third kappa shape index (κ3) is 5.38. The molecular formula is C29H51N3O8. The number of hydrogen-bond donors (Lipinski definition) is 4. The van der Waals surface area contributed by atoms with E-state index in [4.69, 9.17) is 29.5 Å². The van der Waals surface area contributed by atoms with E-state index in [-0.39, 0.29) is 18.1 Å². The van der Waals surface area contributed by atoms with E-state index in [9.17, 15) is 15.0 Å². The van der Waals surface area contributed by atoms with E-state index >= 15 is 0 Å². The molecule has 0 aromatic carbocycles. The van der Waals surface area contributed by atoms with E-state index in [2.05, 4.69) is 12.3 Å². The molecule has 230 valence electrons. The van der Waals surface area contributed by atoms with Gasteiger partial charge in [0.05, 0.1) is 29.8 Å². The second-order valence-corrected chi connectivity index (χ2v) is 13.1. The van der Waals surface area contributed by atoms with Crippen molar-refractivity contribution in [3.63, 3.8) is 0 Å². The summed E-state index contributed by atoms with van der Waals surface area (Å²) in [5.74, 6) is 2.57. The molecular weight excluding hydrogens is 518 g/mol. The van der Waals surface area contributed by atoms with Crippen LogP contribution in [0.4, 0.5) is 0 Å². The molecule has 5 N–H and O–H groups in total. The fraction of sp³-hybridized carbons (Fsp3) is 0.897. The van der Waals surface area contributed by atoms with E-state index in [0.717, 1.165) is 5.57 Å². The van der Waals surface area contributed by atoms with Gasteiger partial charge in [0.1, 0.15) is 17.8 Å². The summed E-state index contributed by atoms with van der Waals surface area (Å²) in [6.07, 6.45) is -0.851. The fourth-order valence-electron chi connectivity index (χ4n) is 7.47. The zero-order valence-corrected chi connectivity index (χ0v) is 25.5. The number of esters is 1. The zero-order valence-electron chi connectivity index (χ0n) is 25.5. The van der Waals surface area contributed by atoms with Gasteiger partial charge in [0, 0.05) is 30.0 Å². The molecule has 4 heterocycles. The van der Waals surface area contributed by atoms with Gasteiger partial charge < -0.3 is 38.8 Å². The average Bonchev–Trinajstić information content (AvgIpc) is 3.32. The Balaban J connectivity index is 1.80. The molecule has 4 aliphatic rings. The Hall–Kier alpha value is -1.15. The molecule has 0 aliphatic carbocycles. The molecule has 3 saturated heterocycles. The van der Waals surface area contributed by atoms with E-state index in [0.29, 0.717) is 25.8 Å². The highest BCUT2D eigenvalue weighted by Gasteiger charge is 2.65. The second kappa shape index (κ2) is 11.5. The lowest BCUT2D eigenvalue weighted by Crippen LogP contribution is -2.59. The van der Waals surface area contributed by atoms with Gasteiger partial charge >= 0.3 is 5.97 Å². The molecule has 0 radical (unpaired) electrons. The summed E-state index contributed by atoms with van der Waals surface area (Å²) in [7, 11) is 3.84. The van der Waals surface area contributed by atoms with Gasteiger partial charge in [-0.3, -0.25) is 16.1 Å². The van der Waals surface area contributed by atoms with Crippen molar-refractivity contribution < 1.29 is 38.7 Å². The quantitative estimate of drug-likeness (QED) is 0.160. The minimum atomic E-state index is -1.15. The molecule has 0 aromatic rings. The van der Waals surface area contributed by atoms with Gasteiger partial charge in [0.15, 0.2) is 12.1 Å². The number of aliphatic hydroxyl groups is 2. The van der Waals surface area contributed by atoms with Gasteiger partial charge in [-0.25, -0.2) is 0 Å². The minimum Gasteiger partial charge on any atom is -0.459 e. The van der Waals surface area contributed by atoms with Crippen molar-refractivity contribution >= 4 is 5.97 Å². The molecule has 40 heavy (non-hydrogen) atoms. The Morgan fingerprint density at radius 2 is 1.82 bits per heavy atom. The van der Waals surface area contributed by atoms with Crippen LogP contribution in [-0.2, 0) is 28.5 Å². The first-order valence-corrected chi connectivity index (χ1v) is 14.7. The molecule has 13 atom stereocenters. The van der Waals surface area contributed by atoms with Crippen molar-refractivity contribution in [3.05, 3.63) is 11.6 Å². The largest absolute Gasteiger partial charge is 0.459 e. The number of nitrogens with two attached hydrogens (primary N) is 1. The highest BCUT2D eigenvalue weighted by molar-refractivity contribution is 5.73. The topological polar surface area (TPSA) is 145 Å². The first-order chi connectivity index (χ1) is 18.6. The van der Waals surface area contributed by atoms with Crippen LogP contribution in [0.2, 0.25) is 0 Å². The first-order valence-electron chi connectivity index (χ1n) is 14.7. The summed E-state index contributed by atoms with van der Waals surface area (Å²) in [6.45, 7) is 13.6. The first kappa shape index (κ1) is 31.8. The smallest absolute Gasteiger partial charge is 0.311 e. The van der Waals surface area contributed by atoms with E-state index in [1.54, 1.807) is 6.92 Å². The molecule has 2 unspecified atom stereocenters. The number of nitrogens with one attached hydrogen (secondary N) is 1.